The van der Waals surface area contributed by atoms with Crippen LogP contribution in [-0.4, -0.2) is 13.0 Å². The van der Waals surface area contributed by atoms with Gasteiger partial charge in [0.2, 0.25) is 5.91 Å². The molecule has 0 aliphatic carbocycles. The van der Waals surface area contributed by atoms with Gasteiger partial charge in [-0.3, -0.25) is 4.79 Å². The highest BCUT2D eigenvalue weighted by Gasteiger charge is 2.11. The third-order valence-corrected chi connectivity index (χ3v) is 1.78. The fraction of sp³-hybridized carbons (Fsp3) is 0.222. The third kappa shape index (κ3) is 2.19. The fourth-order valence-corrected chi connectivity index (χ4v) is 0.976. The zero-order valence-corrected chi connectivity index (χ0v) is 7.36. The molecule has 0 spiro atoms. The summed E-state index contributed by atoms with van der Waals surface area (Å²) in [6, 6.07) is 6.16. The Morgan fingerprint density at radius 1 is 1.38 bits per heavy atom. The number of methoxy groups -OCH3 is 1. The largest absolute Gasteiger partial charge is 0.497 e. The molecular weight excluding hydrogens is 168 g/mol. The fourth-order valence-electron chi connectivity index (χ4n) is 0.976. The van der Waals surface area contributed by atoms with Crippen molar-refractivity contribution < 1.29 is 9.53 Å². The molecule has 4 heteroatoms. The first-order chi connectivity index (χ1) is 6.15. The molecular formula is C9H12N2O2. The Morgan fingerprint density at radius 2 is 1.92 bits per heavy atom. The van der Waals surface area contributed by atoms with Gasteiger partial charge in [0.15, 0.2) is 0 Å². The van der Waals surface area contributed by atoms with E-state index in [1.54, 1.807) is 31.4 Å². The summed E-state index contributed by atoms with van der Waals surface area (Å²) in [4.78, 5) is 10.7. The summed E-state index contributed by atoms with van der Waals surface area (Å²) in [5, 5.41) is 0. The van der Waals surface area contributed by atoms with E-state index in [9.17, 15) is 4.79 Å². The van der Waals surface area contributed by atoms with Crippen LogP contribution in [0.25, 0.3) is 0 Å². The van der Waals surface area contributed by atoms with Gasteiger partial charge in [0.1, 0.15) is 11.8 Å². The van der Waals surface area contributed by atoms with Crippen molar-refractivity contribution in [2.75, 3.05) is 7.11 Å². The smallest absolute Gasteiger partial charge is 0.238 e. The van der Waals surface area contributed by atoms with E-state index in [1.807, 2.05) is 0 Å². The highest BCUT2D eigenvalue weighted by Crippen LogP contribution is 2.15. The van der Waals surface area contributed by atoms with Crippen LogP contribution in [0.4, 0.5) is 0 Å². The number of benzene rings is 1. The van der Waals surface area contributed by atoms with E-state index < -0.39 is 11.9 Å². The predicted molar refractivity (Wildman–Crippen MR) is 49.1 cm³/mol. The van der Waals surface area contributed by atoms with E-state index in [1.165, 1.54) is 0 Å². The maximum atomic E-state index is 10.7. The van der Waals surface area contributed by atoms with Crippen LogP contribution in [0, 0.1) is 0 Å². The van der Waals surface area contributed by atoms with E-state index in [2.05, 4.69) is 0 Å². The number of carbonyl (C=O) groups is 1. The van der Waals surface area contributed by atoms with Crippen LogP contribution >= 0.6 is 0 Å². The molecule has 0 heterocycles. The van der Waals surface area contributed by atoms with Gasteiger partial charge in [0.25, 0.3) is 0 Å². The highest BCUT2D eigenvalue weighted by molar-refractivity contribution is 5.81. The number of hydrogen-bond acceptors (Lipinski definition) is 3. The molecule has 1 atom stereocenters. The summed E-state index contributed by atoms with van der Waals surface area (Å²) < 4.78 is 4.95. The predicted octanol–water partition coefficient (Wildman–Crippen LogP) is 0.180. The van der Waals surface area contributed by atoms with Crippen molar-refractivity contribution in [2.45, 2.75) is 6.04 Å². The molecule has 1 unspecified atom stereocenters. The SMILES string of the molecule is COc1ccc(C(N)C(N)=O)cc1. The molecule has 1 aromatic carbocycles. The molecule has 70 valence electrons. The molecule has 13 heavy (non-hydrogen) atoms. The van der Waals surface area contributed by atoms with Crippen molar-refractivity contribution in [3.8, 4) is 5.75 Å². The first kappa shape index (κ1) is 9.54. The summed E-state index contributed by atoms with van der Waals surface area (Å²) >= 11 is 0. The second-order valence-corrected chi connectivity index (χ2v) is 2.65. The Morgan fingerprint density at radius 3 is 2.31 bits per heavy atom. The maximum absolute atomic E-state index is 10.7. The Bertz CT molecular complexity index is 295. The summed E-state index contributed by atoms with van der Waals surface area (Å²) in [6.45, 7) is 0. The number of primary amides is 1. The second-order valence-electron chi connectivity index (χ2n) is 2.65. The molecule has 4 N–H and O–H groups in total. The van der Waals surface area contributed by atoms with E-state index in [0.29, 0.717) is 5.56 Å². The monoisotopic (exact) mass is 180 g/mol. The number of ether oxygens (including phenoxy) is 1. The molecule has 0 bridgehead atoms. The van der Waals surface area contributed by atoms with Crippen LogP contribution in [0.15, 0.2) is 24.3 Å². The van der Waals surface area contributed by atoms with Crippen LogP contribution in [0.3, 0.4) is 0 Å². The van der Waals surface area contributed by atoms with Gasteiger partial charge in [-0.2, -0.15) is 0 Å². The minimum absolute atomic E-state index is 0.537. The molecule has 0 radical (unpaired) electrons. The topological polar surface area (TPSA) is 78.3 Å². The molecule has 4 nitrogen and oxygen atoms in total. The molecule has 0 fully saturated rings. The average Bonchev–Trinajstić information content (AvgIpc) is 2.17. The molecule has 1 amide bonds. The van der Waals surface area contributed by atoms with Crippen molar-refractivity contribution >= 4 is 5.91 Å². The number of hydrogen-bond donors (Lipinski definition) is 2. The second kappa shape index (κ2) is 3.91. The molecule has 0 saturated heterocycles. The minimum Gasteiger partial charge on any atom is -0.497 e. The molecule has 1 rings (SSSR count). The minimum atomic E-state index is -0.745. The van der Waals surface area contributed by atoms with E-state index in [0.717, 1.165) is 5.75 Å². The lowest BCUT2D eigenvalue weighted by atomic mass is 10.1. The average molecular weight is 180 g/mol. The van der Waals surface area contributed by atoms with Crippen molar-refractivity contribution in [1.82, 2.24) is 0 Å². The molecule has 0 aliphatic heterocycles. The molecule has 0 aliphatic rings. The summed E-state index contributed by atoms with van der Waals surface area (Å²) in [6.07, 6.45) is 0. The van der Waals surface area contributed by atoms with Crippen LogP contribution in [-0.2, 0) is 4.79 Å². The van der Waals surface area contributed by atoms with Gasteiger partial charge in [0, 0.05) is 0 Å². The highest BCUT2D eigenvalue weighted by atomic mass is 16.5. The van der Waals surface area contributed by atoms with E-state index >= 15 is 0 Å². The van der Waals surface area contributed by atoms with Gasteiger partial charge in [-0.25, -0.2) is 0 Å². The number of nitrogens with two attached hydrogens (primary N) is 2. The van der Waals surface area contributed by atoms with Gasteiger partial charge >= 0.3 is 0 Å². The van der Waals surface area contributed by atoms with Crippen LogP contribution < -0.4 is 16.2 Å². The maximum Gasteiger partial charge on any atom is 0.238 e. The Kier molecular flexibility index (Phi) is 2.87. The first-order valence-corrected chi connectivity index (χ1v) is 3.84. The summed E-state index contributed by atoms with van der Waals surface area (Å²) in [5.74, 6) is 0.186. The third-order valence-electron chi connectivity index (χ3n) is 1.78. The number of rotatable bonds is 3. The van der Waals surface area contributed by atoms with Gasteiger partial charge < -0.3 is 16.2 Å². The van der Waals surface area contributed by atoms with Crippen LogP contribution in [0.2, 0.25) is 0 Å². The van der Waals surface area contributed by atoms with Crippen LogP contribution in [0.1, 0.15) is 11.6 Å². The zero-order valence-electron chi connectivity index (χ0n) is 7.36. The Labute approximate surface area is 76.5 Å². The number of amides is 1. The summed E-state index contributed by atoms with van der Waals surface area (Å²) in [7, 11) is 1.57. The first-order valence-electron chi connectivity index (χ1n) is 3.84. The normalized spacial score (nSPS) is 12.2. The van der Waals surface area contributed by atoms with Crippen molar-refractivity contribution in [3.05, 3.63) is 29.8 Å². The lowest BCUT2D eigenvalue weighted by Crippen LogP contribution is -2.28. The standard InChI is InChI=1S/C9H12N2O2/c1-13-7-4-2-6(3-5-7)8(10)9(11)12/h2-5,8H,10H2,1H3,(H2,11,12). The van der Waals surface area contributed by atoms with Crippen molar-refractivity contribution in [3.63, 3.8) is 0 Å². The van der Waals surface area contributed by atoms with Crippen LogP contribution in [0.5, 0.6) is 5.75 Å². The Balaban J connectivity index is 2.85. The van der Waals surface area contributed by atoms with Gasteiger partial charge in [-0.1, -0.05) is 12.1 Å². The van der Waals surface area contributed by atoms with Gasteiger partial charge in [0.05, 0.1) is 7.11 Å². The Hall–Kier alpha value is -1.55. The molecule has 0 aromatic heterocycles. The van der Waals surface area contributed by atoms with E-state index in [4.69, 9.17) is 16.2 Å². The van der Waals surface area contributed by atoms with E-state index in [-0.39, 0.29) is 0 Å². The van der Waals surface area contributed by atoms with Crippen molar-refractivity contribution in [1.29, 1.82) is 0 Å². The lowest BCUT2D eigenvalue weighted by molar-refractivity contribution is -0.119. The molecule has 0 saturated carbocycles. The molecule has 1 aromatic rings. The number of carbonyl (C=O) groups excluding carboxylic acids is 1. The lowest BCUT2D eigenvalue weighted by Gasteiger charge is -2.07. The zero-order chi connectivity index (χ0) is 9.84. The summed E-state index contributed by atoms with van der Waals surface area (Å²) in [5.41, 5.74) is 11.2. The quantitative estimate of drug-likeness (QED) is 0.696. The van der Waals surface area contributed by atoms with Gasteiger partial charge in [-0.05, 0) is 17.7 Å². The van der Waals surface area contributed by atoms with Gasteiger partial charge in [-0.15, -0.1) is 0 Å². The van der Waals surface area contributed by atoms with Crippen molar-refractivity contribution in [2.24, 2.45) is 11.5 Å².